The summed E-state index contributed by atoms with van der Waals surface area (Å²) in [4.78, 5) is 3.80. The Hall–Kier alpha value is -0.440. The minimum Gasteiger partial charge on any atom is -0.246 e. The number of nitrogens with zero attached hydrogens (tertiary/aromatic N) is 1. The molecule has 0 aliphatic rings. The van der Waals surface area contributed by atoms with Crippen LogP contribution in [0.15, 0.2) is 16.9 Å². The Morgan fingerprint density at radius 2 is 2.33 bits per heavy atom. The van der Waals surface area contributed by atoms with Crippen LogP contribution in [0.3, 0.4) is 0 Å². The first-order valence-electron chi connectivity index (χ1n) is 3.96. The van der Waals surface area contributed by atoms with Crippen LogP contribution in [0.5, 0.6) is 0 Å². The summed E-state index contributed by atoms with van der Waals surface area (Å²) in [6.07, 6.45) is 2.56. The Morgan fingerprint density at radius 1 is 1.67 bits per heavy atom. The van der Waals surface area contributed by atoms with E-state index in [4.69, 9.17) is 0 Å². The van der Waals surface area contributed by atoms with E-state index in [2.05, 4.69) is 20.9 Å². The number of rotatable bonds is 2. The summed E-state index contributed by atoms with van der Waals surface area (Å²) >= 11 is 3.06. The average molecular weight is 232 g/mol. The molecule has 1 unspecified atom stereocenters. The van der Waals surface area contributed by atoms with Crippen molar-refractivity contribution in [1.82, 2.24) is 4.98 Å². The molecule has 3 heteroatoms. The van der Waals surface area contributed by atoms with Crippen LogP contribution in [0.1, 0.15) is 31.7 Å². The van der Waals surface area contributed by atoms with Crippen molar-refractivity contribution >= 4 is 15.9 Å². The fraction of sp³-hybridized carbons (Fsp3) is 0.444. The van der Waals surface area contributed by atoms with Crippen LogP contribution in [0.25, 0.3) is 0 Å². The lowest BCUT2D eigenvalue weighted by atomic mass is 10.00. The highest BCUT2D eigenvalue weighted by atomic mass is 79.9. The van der Waals surface area contributed by atoms with Crippen LogP contribution in [0, 0.1) is 5.82 Å². The molecule has 1 aromatic rings. The smallest absolute Gasteiger partial charge is 0.159 e. The first kappa shape index (κ1) is 9.65. The van der Waals surface area contributed by atoms with Gasteiger partial charge in [-0.15, -0.1) is 0 Å². The van der Waals surface area contributed by atoms with Gasteiger partial charge in [0.25, 0.3) is 0 Å². The SMILES string of the molecule is CCC(C)c1ccnc(Br)c1F. The molecule has 1 heterocycles. The van der Waals surface area contributed by atoms with Crippen molar-refractivity contribution in [2.24, 2.45) is 0 Å². The summed E-state index contributed by atoms with van der Waals surface area (Å²) in [5.74, 6) is 0.0242. The van der Waals surface area contributed by atoms with E-state index in [1.165, 1.54) is 0 Å². The van der Waals surface area contributed by atoms with Gasteiger partial charge in [0.05, 0.1) is 0 Å². The summed E-state index contributed by atoms with van der Waals surface area (Å²) in [5, 5.41) is 0. The zero-order chi connectivity index (χ0) is 9.14. The Labute approximate surface area is 80.1 Å². The van der Waals surface area contributed by atoms with E-state index in [0.29, 0.717) is 4.60 Å². The summed E-state index contributed by atoms with van der Waals surface area (Å²) < 4.78 is 13.6. The van der Waals surface area contributed by atoms with Crippen molar-refractivity contribution in [3.8, 4) is 0 Å². The van der Waals surface area contributed by atoms with Crippen LogP contribution in [-0.4, -0.2) is 4.98 Å². The Kier molecular flexibility index (Phi) is 3.20. The van der Waals surface area contributed by atoms with Gasteiger partial charge in [0.2, 0.25) is 0 Å². The van der Waals surface area contributed by atoms with E-state index in [9.17, 15) is 4.39 Å². The normalized spacial score (nSPS) is 13.0. The number of hydrogen-bond donors (Lipinski definition) is 0. The largest absolute Gasteiger partial charge is 0.246 e. The van der Waals surface area contributed by atoms with Crippen molar-refractivity contribution in [3.63, 3.8) is 0 Å². The standard InChI is InChI=1S/C9H11BrFN/c1-3-6(2)7-4-5-12-9(10)8(7)11/h4-6H,3H2,1-2H3. The predicted octanol–water partition coefficient (Wildman–Crippen LogP) is 3.50. The molecule has 1 aromatic heterocycles. The van der Waals surface area contributed by atoms with Gasteiger partial charge in [-0.05, 0) is 39.9 Å². The molecule has 0 bridgehead atoms. The Morgan fingerprint density at radius 3 is 2.92 bits per heavy atom. The van der Waals surface area contributed by atoms with E-state index in [1.54, 1.807) is 12.3 Å². The van der Waals surface area contributed by atoms with Crippen LogP contribution in [0.4, 0.5) is 4.39 Å². The van der Waals surface area contributed by atoms with Crippen molar-refractivity contribution < 1.29 is 4.39 Å². The second-order valence-electron chi connectivity index (χ2n) is 2.81. The quantitative estimate of drug-likeness (QED) is 0.711. The average Bonchev–Trinajstić information content (AvgIpc) is 2.08. The van der Waals surface area contributed by atoms with Crippen molar-refractivity contribution in [2.45, 2.75) is 26.2 Å². The molecule has 0 amide bonds. The number of hydrogen-bond acceptors (Lipinski definition) is 1. The first-order valence-corrected chi connectivity index (χ1v) is 4.76. The van der Waals surface area contributed by atoms with Crippen LogP contribution in [-0.2, 0) is 0 Å². The molecule has 0 spiro atoms. The first-order chi connectivity index (χ1) is 5.66. The molecule has 0 fully saturated rings. The van der Waals surface area contributed by atoms with Crippen molar-refractivity contribution in [2.75, 3.05) is 0 Å². The second kappa shape index (κ2) is 3.99. The van der Waals surface area contributed by atoms with Gasteiger partial charge in [-0.25, -0.2) is 9.37 Å². The highest BCUT2D eigenvalue weighted by Gasteiger charge is 2.11. The zero-order valence-electron chi connectivity index (χ0n) is 7.14. The lowest BCUT2D eigenvalue weighted by Crippen LogP contribution is -1.97. The van der Waals surface area contributed by atoms with Gasteiger partial charge in [-0.3, -0.25) is 0 Å². The van der Waals surface area contributed by atoms with Gasteiger partial charge in [0, 0.05) is 6.20 Å². The monoisotopic (exact) mass is 231 g/mol. The van der Waals surface area contributed by atoms with E-state index < -0.39 is 0 Å². The Balaban J connectivity index is 3.07. The third-order valence-electron chi connectivity index (χ3n) is 2.02. The molecule has 0 saturated heterocycles. The summed E-state index contributed by atoms with van der Waals surface area (Å²) in [6, 6.07) is 1.73. The third-order valence-corrected chi connectivity index (χ3v) is 2.57. The predicted molar refractivity (Wildman–Crippen MR) is 50.6 cm³/mol. The van der Waals surface area contributed by atoms with Crippen LogP contribution < -0.4 is 0 Å². The molecular weight excluding hydrogens is 221 g/mol. The molecule has 0 aliphatic carbocycles. The van der Waals surface area contributed by atoms with Crippen molar-refractivity contribution in [1.29, 1.82) is 0 Å². The fourth-order valence-electron chi connectivity index (χ4n) is 1.03. The molecule has 1 rings (SSSR count). The Bertz CT molecular complexity index is 275. The molecule has 0 saturated carbocycles. The summed E-state index contributed by atoms with van der Waals surface area (Å²) in [6.45, 7) is 4.04. The van der Waals surface area contributed by atoms with E-state index in [0.717, 1.165) is 12.0 Å². The molecule has 1 nitrogen and oxygen atoms in total. The number of halogens is 2. The lowest BCUT2D eigenvalue weighted by Gasteiger charge is -2.09. The van der Waals surface area contributed by atoms with E-state index >= 15 is 0 Å². The summed E-state index contributed by atoms with van der Waals surface area (Å²) in [5.41, 5.74) is 0.736. The van der Waals surface area contributed by atoms with E-state index in [-0.39, 0.29) is 11.7 Å². The molecule has 0 N–H and O–H groups in total. The molecular formula is C9H11BrFN. The molecule has 66 valence electrons. The molecule has 0 aromatic carbocycles. The molecule has 0 radical (unpaired) electrons. The van der Waals surface area contributed by atoms with Gasteiger partial charge in [-0.2, -0.15) is 0 Å². The van der Waals surface area contributed by atoms with Crippen molar-refractivity contribution in [3.05, 3.63) is 28.2 Å². The molecule has 1 atom stereocenters. The van der Waals surface area contributed by atoms with Crippen LogP contribution >= 0.6 is 15.9 Å². The lowest BCUT2D eigenvalue weighted by molar-refractivity contribution is 0.570. The maximum Gasteiger partial charge on any atom is 0.159 e. The van der Waals surface area contributed by atoms with Gasteiger partial charge in [0.1, 0.15) is 4.60 Å². The summed E-state index contributed by atoms with van der Waals surface area (Å²) in [7, 11) is 0. The highest BCUT2D eigenvalue weighted by molar-refractivity contribution is 9.10. The molecule has 0 aliphatic heterocycles. The maximum absolute atomic E-state index is 13.3. The van der Waals surface area contributed by atoms with Gasteiger partial charge in [0.15, 0.2) is 5.82 Å². The van der Waals surface area contributed by atoms with E-state index in [1.807, 2.05) is 13.8 Å². The molecule has 12 heavy (non-hydrogen) atoms. The third kappa shape index (κ3) is 1.83. The number of aromatic nitrogens is 1. The van der Waals surface area contributed by atoms with Gasteiger partial charge >= 0.3 is 0 Å². The van der Waals surface area contributed by atoms with Crippen LogP contribution in [0.2, 0.25) is 0 Å². The minimum absolute atomic E-state index is 0.230. The highest BCUT2D eigenvalue weighted by Crippen LogP contribution is 2.24. The maximum atomic E-state index is 13.3. The topological polar surface area (TPSA) is 12.9 Å². The minimum atomic E-state index is -0.230. The second-order valence-corrected chi connectivity index (χ2v) is 3.57. The fourth-order valence-corrected chi connectivity index (χ4v) is 1.38. The van der Waals surface area contributed by atoms with Gasteiger partial charge < -0.3 is 0 Å². The van der Waals surface area contributed by atoms with Gasteiger partial charge in [-0.1, -0.05) is 13.8 Å². The number of pyridine rings is 1. The zero-order valence-corrected chi connectivity index (χ0v) is 8.73.